The van der Waals surface area contributed by atoms with E-state index in [0.29, 0.717) is 0 Å². The topological polar surface area (TPSA) is 108 Å². The van der Waals surface area contributed by atoms with Crippen LogP contribution < -0.4 is 10.6 Å². The molecule has 0 aromatic rings. The van der Waals surface area contributed by atoms with Crippen molar-refractivity contribution in [3.05, 3.63) is 0 Å². The van der Waals surface area contributed by atoms with E-state index in [-0.39, 0.29) is 25.3 Å². The molecule has 1 unspecified atom stereocenters. The lowest BCUT2D eigenvalue weighted by Gasteiger charge is -2.20. The predicted molar refractivity (Wildman–Crippen MR) is 74.7 cm³/mol. The first-order chi connectivity index (χ1) is 10.0. The van der Waals surface area contributed by atoms with Gasteiger partial charge in [0.05, 0.1) is 13.7 Å². The number of carbonyl (C=O) groups is 3. The molecule has 0 spiro atoms. The zero-order valence-electron chi connectivity index (χ0n) is 12.3. The molecule has 1 aliphatic rings. The zero-order chi connectivity index (χ0) is 15.7. The Morgan fingerprint density at radius 3 is 2.76 bits per heavy atom. The number of methoxy groups -OCH3 is 1. The van der Waals surface area contributed by atoms with Crippen molar-refractivity contribution in [3.8, 4) is 0 Å². The monoisotopic (exact) mass is 301 g/mol. The average Bonchev–Trinajstić information content (AvgIpc) is 2.71. The van der Waals surface area contributed by atoms with Gasteiger partial charge in [-0.3, -0.25) is 14.5 Å². The number of aliphatic carboxylic acids is 1. The molecule has 0 bridgehead atoms. The van der Waals surface area contributed by atoms with Gasteiger partial charge in [-0.05, 0) is 25.9 Å². The summed E-state index contributed by atoms with van der Waals surface area (Å²) >= 11 is 0. The van der Waals surface area contributed by atoms with Crippen LogP contribution in [0.1, 0.15) is 19.3 Å². The smallest absolute Gasteiger partial charge is 0.326 e. The van der Waals surface area contributed by atoms with Gasteiger partial charge in [-0.2, -0.15) is 0 Å². The molecule has 8 heteroatoms. The number of hydrogen-bond acceptors (Lipinski definition) is 6. The number of carbonyl (C=O) groups excluding carboxylic acids is 2. The molecule has 1 rings (SSSR count). The maximum atomic E-state index is 11.9. The van der Waals surface area contributed by atoms with Gasteiger partial charge in [0, 0.05) is 19.5 Å². The molecular formula is C13H23N3O5. The van der Waals surface area contributed by atoms with Gasteiger partial charge in [-0.15, -0.1) is 0 Å². The molecule has 21 heavy (non-hydrogen) atoms. The summed E-state index contributed by atoms with van der Waals surface area (Å²) in [5.74, 6) is -1.98. The van der Waals surface area contributed by atoms with Gasteiger partial charge < -0.3 is 20.5 Å². The molecule has 0 aromatic carbocycles. The highest BCUT2D eigenvalue weighted by Gasteiger charge is 2.22. The zero-order valence-corrected chi connectivity index (χ0v) is 12.3. The summed E-state index contributed by atoms with van der Waals surface area (Å²) in [7, 11) is 1.24. The SMILES string of the molecule is COC(=O)CCC(NC(=O)CN1CCCNCC1)C(=O)O. The second-order valence-electron chi connectivity index (χ2n) is 4.95. The quantitative estimate of drug-likeness (QED) is 0.507. The third kappa shape index (κ3) is 7.05. The highest BCUT2D eigenvalue weighted by molar-refractivity contribution is 5.85. The van der Waals surface area contributed by atoms with E-state index in [0.717, 1.165) is 32.6 Å². The highest BCUT2D eigenvalue weighted by Crippen LogP contribution is 2.01. The maximum Gasteiger partial charge on any atom is 0.326 e. The lowest BCUT2D eigenvalue weighted by Crippen LogP contribution is -2.46. The van der Waals surface area contributed by atoms with Crippen LogP contribution >= 0.6 is 0 Å². The summed E-state index contributed by atoms with van der Waals surface area (Å²) in [6.45, 7) is 3.48. The van der Waals surface area contributed by atoms with Gasteiger partial charge in [-0.25, -0.2) is 4.79 Å². The Bertz CT molecular complexity index is 367. The Morgan fingerprint density at radius 1 is 1.33 bits per heavy atom. The normalized spacial score (nSPS) is 17.6. The molecule has 1 amide bonds. The Kier molecular flexibility index (Phi) is 7.70. The van der Waals surface area contributed by atoms with Gasteiger partial charge >= 0.3 is 11.9 Å². The number of carboxylic acids is 1. The molecule has 1 atom stereocenters. The first-order valence-corrected chi connectivity index (χ1v) is 7.05. The van der Waals surface area contributed by atoms with Gasteiger partial charge in [0.2, 0.25) is 5.91 Å². The van der Waals surface area contributed by atoms with E-state index in [9.17, 15) is 14.4 Å². The Balaban J connectivity index is 2.40. The summed E-state index contributed by atoms with van der Waals surface area (Å²) in [6.07, 6.45) is 0.939. The second kappa shape index (κ2) is 9.30. The summed E-state index contributed by atoms with van der Waals surface area (Å²) < 4.78 is 4.46. The molecule has 3 N–H and O–H groups in total. The molecule has 8 nitrogen and oxygen atoms in total. The van der Waals surface area contributed by atoms with Crippen molar-refractivity contribution in [1.82, 2.24) is 15.5 Å². The third-order valence-electron chi connectivity index (χ3n) is 3.30. The Hall–Kier alpha value is -1.67. The van der Waals surface area contributed by atoms with Crippen molar-refractivity contribution >= 4 is 17.8 Å². The maximum absolute atomic E-state index is 11.9. The standard InChI is InChI=1S/C13H23N3O5/c1-21-12(18)4-3-10(13(19)20)15-11(17)9-16-7-2-5-14-6-8-16/h10,14H,2-9H2,1H3,(H,15,17)(H,19,20). The van der Waals surface area contributed by atoms with E-state index in [1.807, 2.05) is 4.90 Å². The van der Waals surface area contributed by atoms with Crippen molar-refractivity contribution < 1.29 is 24.2 Å². The summed E-state index contributed by atoms with van der Waals surface area (Å²) in [4.78, 5) is 36.0. The number of nitrogens with zero attached hydrogens (tertiary/aromatic N) is 1. The fourth-order valence-corrected chi connectivity index (χ4v) is 2.12. The number of rotatable bonds is 7. The number of hydrogen-bond donors (Lipinski definition) is 3. The van der Waals surface area contributed by atoms with Crippen molar-refractivity contribution in [2.75, 3.05) is 39.8 Å². The lowest BCUT2D eigenvalue weighted by atomic mass is 10.1. The second-order valence-corrected chi connectivity index (χ2v) is 4.95. The van der Waals surface area contributed by atoms with E-state index in [1.54, 1.807) is 0 Å². The molecule has 1 heterocycles. The van der Waals surface area contributed by atoms with Crippen LogP contribution in [0.15, 0.2) is 0 Å². The van der Waals surface area contributed by atoms with Crippen molar-refractivity contribution in [1.29, 1.82) is 0 Å². The van der Waals surface area contributed by atoms with Crippen molar-refractivity contribution in [2.45, 2.75) is 25.3 Å². The van der Waals surface area contributed by atoms with Gasteiger partial charge in [0.25, 0.3) is 0 Å². The van der Waals surface area contributed by atoms with Crippen LogP contribution in [0.5, 0.6) is 0 Å². The minimum absolute atomic E-state index is 0.0231. The van der Waals surface area contributed by atoms with Crippen LogP contribution in [0.3, 0.4) is 0 Å². The van der Waals surface area contributed by atoms with Crippen molar-refractivity contribution in [3.63, 3.8) is 0 Å². The minimum Gasteiger partial charge on any atom is -0.480 e. The summed E-state index contributed by atoms with van der Waals surface area (Å²) in [6, 6.07) is -1.07. The Morgan fingerprint density at radius 2 is 2.10 bits per heavy atom. The molecule has 0 radical (unpaired) electrons. The largest absolute Gasteiger partial charge is 0.480 e. The number of carboxylic acid groups (broad SMARTS) is 1. The summed E-state index contributed by atoms with van der Waals surface area (Å²) in [5.41, 5.74) is 0. The van der Waals surface area contributed by atoms with Gasteiger partial charge in [0.15, 0.2) is 0 Å². The molecule has 0 aliphatic carbocycles. The molecular weight excluding hydrogens is 278 g/mol. The van der Waals surface area contributed by atoms with Crippen LogP contribution in [0, 0.1) is 0 Å². The van der Waals surface area contributed by atoms with Gasteiger partial charge in [0.1, 0.15) is 6.04 Å². The number of amides is 1. The fraction of sp³-hybridized carbons (Fsp3) is 0.769. The molecule has 1 fully saturated rings. The molecule has 120 valence electrons. The predicted octanol–water partition coefficient (Wildman–Crippen LogP) is -1.20. The first-order valence-electron chi connectivity index (χ1n) is 7.05. The van der Waals surface area contributed by atoms with Crippen LogP contribution in [0.25, 0.3) is 0 Å². The van der Waals surface area contributed by atoms with E-state index in [1.165, 1.54) is 7.11 Å². The summed E-state index contributed by atoms with van der Waals surface area (Å²) in [5, 5.41) is 14.8. The number of esters is 1. The molecule has 1 aliphatic heterocycles. The molecule has 0 aromatic heterocycles. The highest BCUT2D eigenvalue weighted by atomic mass is 16.5. The third-order valence-corrected chi connectivity index (χ3v) is 3.30. The van der Waals surface area contributed by atoms with Crippen LogP contribution in [-0.4, -0.2) is 73.7 Å². The van der Waals surface area contributed by atoms with Crippen molar-refractivity contribution in [2.24, 2.45) is 0 Å². The van der Waals surface area contributed by atoms with E-state index in [4.69, 9.17) is 5.11 Å². The molecule has 0 saturated carbocycles. The molecule has 1 saturated heterocycles. The Labute approximate surface area is 123 Å². The van der Waals surface area contributed by atoms with E-state index < -0.39 is 18.0 Å². The fourth-order valence-electron chi connectivity index (χ4n) is 2.12. The van der Waals surface area contributed by atoms with Crippen LogP contribution in [-0.2, 0) is 19.1 Å². The first kappa shape index (κ1) is 17.4. The lowest BCUT2D eigenvalue weighted by molar-refractivity contribution is -0.144. The van der Waals surface area contributed by atoms with Gasteiger partial charge in [-0.1, -0.05) is 0 Å². The van der Waals surface area contributed by atoms with E-state index in [2.05, 4.69) is 15.4 Å². The van der Waals surface area contributed by atoms with Crippen LogP contribution in [0.2, 0.25) is 0 Å². The average molecular weight is 301 g/mol. The number of nitrogens with one attached hydrogen (secondary N) is 2. The van der Waals surface area contributed by atoms with Crippen LogP contribution in [0.4, 0.5) is 0 Å². The van der Waals surface area contributed by atoms with E-state index >= 15 is 0 Å². The minimum atomic E-state index is -1.15. The number of ether oxygens (including phenoxy) is 1.